The first-order valence-corrected chi connectivity index (χ1v) is 11.0. The van der Waals surface area contributed by atoms with Gasteiger partial charge < -0.3 is 20.9 Å². The molecular weight excluding hydrogens is 436 g/mol. The quantitative estimate of drug-likeness (QED) is 0.300. The Morgan fingerprint density at radius 1 is 1.09 bits per heavy atom. The van der Waals surface area contributed by atoms with E-state index in [0.29, 0.717) is 39.9 Å². The third-order valence-corrected chi connectivity index (χ3v) is 4.20. The molecule has 0 aliphatic rings. The molecule has 32 heavy (non-hydrogen) atoms. The summed E-state index contributed by atoms with van der Waals surface area (Å²) in [6.07, 6.45) is 0.715. The number of guanidine groups is 1. The van der Waals surface area contributed by atoms with Crippen LogP contribution in [0.2, 0.25) is 0 Å². The molecule has 10 nitrogen and oxygen atoms in total. The van der Waals surface area contributed by atoms with Crippen molar-refractivity contribution < 1.29 is 27.2 Å². The molecule has 0 fully saturated rings. The van der Waals surface area contributed by atoms with Gasteiger partial charge in [0, 0.05) is 10.9 Å². The van der Waals surface area contributed by atoms with E-state index in [9.17, 15) is 13.2 Å². The van der Waals surface area contributed by atoms with Crippen molar-refractivity contribution in [3.63, 3.8) is 0 Å². The maximum Gasteiger partial charge on any atom is 0.280 e. The summed E-state index contributed by atoms with van der Waals surface area (Å²) >= 11 is 0. The molecule has 3 rings (SSSR count). The number of hydrogen-bond acceptors (Lipinski definition) is 6. The third-order valence-electron chi connectivity index (χ3n) is 4.20. The monoisotopic (exact) mass is 460 g/mol. The first-order chi connectivity index (χ1) is 15.0. The highest BCUT2D eigenvalue weighted by Crippen LogP contribution is 2.37. The Bertz CT molecular complexity index is 1280. The number of amides is 1. The van der Waals surface area contributed by atoms with Crippen LogP contribution in [0.1, 0.15) is 15.9 Å². The van der Waals surface area contributed by atoms with Gasteiger partial charge in [-0.05, 0) is 30.7 Å². The molecule has 170 valence electrons. The number of carbonyl (C=O) groups is 1. The van der Waals surface area contributed by atoms with Gasteiger partial charge in [0.15, 0.2) is 17.5 Å². The van der Waals surface area contributed by atoms with Crippen LogP contribution >= 0.6 is 0 Å². The number of benzene rings is 2. The predicted octanol–water partition coefficient (Wildman–Crippen LogP) is 2.15. The highest BCUT2D eigenvalue weighted by Gasteiger charge is 2.19. The number of carbonyl (C=O) groups excluding carboxylic acids is 1. The first-order valence-electron chi connectivity index (χ1n) is 9.14. The molecule has 1 amide bonds. The number of nitrogens with two attached hydrogens (primary N) is 2. The number of ether oxygens (including phenoxy) is 2. The number of aliphatic imine (C=N–C) groups is 1. The summed E-state index contributed by atoms with van der Waals surface area (Å²) in [7, 11) is -0.600. The molecule has 0 spiro atoms. The van der Waals surface area contributed by atoms with Crippen LogP contribution in [0.3, 0.4) is 0 Å². The van der Waals surface area contributed by atoms with Crippen molar-refractivity contribution in [1.82, 2.24) is 4.98 Å². The summed E-state index contributed by atoms with van der Waals surface area (Å²) in [5, 5.41) is 0.569. The maximum absolute atomic E-state index is 12.6. The normalized spacial score (nSPS) is 10.7. The zero-order valence-corrected chi connectivity index (χ0v) is 18.8. The number of aryl methyl sites for hydroxylation is 1. The second-order valence-electron chi connectivity index (χ2n) is 6.64. The molecule has 3 aromatic rings. The lowest BCUT2D eigenvalue weighted by atomic mass is 10.0. The number of pyridine rings is 1. The molecule has 0 saturated carbocycles. The molecule has 0 radical (unpaired) electrons. The molecule has 1 heterocycles. The summed E-state index contributed by atoms with van der Waals surface area (Å²) in [6.45, 7) is 1.97. The van der Waals surface area contributed by atoms with Crippen LogP contribution in [-0.2, 0) is 10.1 Å². The van der Waals surface area contributed by atoms with E-state index in [2.05, 4.69) is 4.99 Å². The van der Waals surface area contributed by atoms with Gasteiger partial charge in [0.25, 0.3) is 16.0 Å². The Morgan fingerprint density at radius 2 is 1.72 bits per heavy atom. The van der Waals surface area contributed by atoms with E-state index >= 15 is 0 Å². The van der Waals surface area contributed by atoms with Crippen molar-refractivity contribution >= 4 is 32.9 Å². The van der Waals surface area contributed by atoms with Gasteiger partial charge in [-0.15, -0.1) is 0 Å². The number of fused-ring (bicyclic) bond motifs is 1. The fourth-order valence-corrected chi connectivity index (χ4v) is 2.96. The lowest BCUT2D eigenvalue weighted by Crippen LogP contribution is -2.24. The van der Waals surface area contributed by atoms with Crippen molar-refractivity contribution in [2.24, 2.45) is 16.5 Å². The van der Waals surface area contributed by atoms with Crippen molar-refractivity contribution in [1.29, 1.82) is 0 Å². The van der Waals surface area contributed by atoms with Crippen LogP contribution < -0.4 is 20.9 Å². The lowest BCUT2D eigenvalue weighted by Gasteiger charge is -2.14. The topological polar surface area (TPSA) is 167 Å². The van der Waals surface area contributed by atoms with Gasteiger partial charge in [0.2, 0.25) is 0 Å². The maximum atomic E-state index is 12.6. The van der Waals surface area contributed by atoms with E-state index in [1.54, 1.807) is 25.3 Å². The van der Waals surface area contributed by atoms with E-state index in [1.165, 1.54) is 7.11 Å². The van der Waals surface area contributed by atoms with Crippen molar-refractivity contribution in [3.05, 3.63) is 53.6 Å². The number of hydrogen-bond donors (Lipinski definition) is 3. The SMILES string of the molecule is COc1ccc2c(C(=O)N=C(N)N)cc(-c3ccccc3C)nc2c1OC.CS(=O)(=O)O. The molecule has 0 atom stereocenters. The zero-order valence-electron chi connectivity index (χ0n) is 18.0. The lowest BCUT2D eigenvalue weighted by molar-refractivity contribution is 0.100. The number of rotatable bonds is 4. The van der Waals surface area contributed by atoms with E-state index in [1.807, 2.05) is 31.2 Å². The van der Waals surface area contributed by atoms with Gasteiger partial charge >= 0.3 is 0 Å². The summed E-state index contributed by atoms with van der Waals surface area (Å²) < 4.78 is 36.7. The van der Waals surface area contributed by atoms with E-state index in [0.717, 1.165) is 11.1 Å². The predicted molar refractivity (Wildman–Crippen MR) is 123 cm³/mol. The second-order valence-corrected chi connectivity index (χ2v) is 8.11. The van der Waals surface area contributed by atoms with Crippen LogP contribution in [0, 0.1) is 6.92 Å². The van der Waals surface area contributed by atoms with Crippen LogP contribution in [0.4, 0.5) is 0 Å². The molecule has 0 aliphatic carbocycles. The molecule has 5 N–H and O–H groups in total. The van der Waals surface area contributed by atoms with Crippen LogP contribution in [0.5, 0.6) is 11.5 Å². The fourth-order valence-electron chi connectivity index (χ4n) is 2.96. The van der Waals surface area contributed by atoms with E-state index < -0.39 is 16.0 Å². The minimum atomic E-state index is -3.67. The Morgan fingerprint density at radius 3 is 2.25 bits per heavy atom. The Hall–Kier alpha value is -3.70. The highest BCUT2D eigenvalue weighted by molar-refractivity contribution is 7.85. The number of aromatic nitrogens is 1. The first kappa shape index (κ1) is 24.6. The molecule has 0 aliphatic heterocycles. The van der Waals surface area contributed by atoms with Gasteiger partial charge in [-0.25, -0.2) is 4.98 Å². The minimum Gasteiger partial charge on any atom is -0.493 e. The standard InChI is InChI=1S/C20H20N4O3.CH4O3S/c1-11-6-4-5-7-12(11)15-10-14(19(25)24-20(21)22)13-8-9-16(26-2)18(27-3)17(13)23-15;1-5(2,3)4/h4-10H,1-3H3,(H4,21,22,24,25);1H3,(H,2,3,4). The van der Waals surface area contributed by atoms with Crippen molar-refractivity contribution in [2.45, 2.75) is 6.92 Å². The summed E-state index contributed by atoms with van der Waals surface area (Å²) in [5.74, 6) is 0.0937. The van der Waals surface area contributed by atoms with Gasteiger partial charge in [0.1, 0.15) is 5.52 Å². The van der Waals surface area contributed by atoms with Crippen molar-refractivity contribution in [3.8, 4) is 22.8 Å². The van der Waals surface area contributed by atoms with Gasteiger partial charge in [-0.2, -0.15) is 13.4 Å². The molecular formula is C21H24N4O6S. The van der Waals surface area contributed by atoms with Gasteiger partial charge in [0.05, 0.1) is 31.7 Å². The van der Waals surface area contributed by atoms with Crippen molar-refractivity contribution in [2.75, 3.05) is 20.5 Å². The fraction of sp³-hybridized carbons (Fsp3) is 0.190. The molecule has 0 unspecified atom stereocenters. The Kier molecular flexibility index (Phi) is 7.73. The van der Waals surface area contributed by atoms with Crippen LogP contribution in [-0.4, -0.2) is 50.3 Å². The zero-order chi connectivity index (χ0) is 24.1. The van der Waals surface area contributed by atoms with E-state index in [4.69, 9.17) is 30.5 Å². The summed E-state index contributed by atoms with van der Waals surface area (Å²) in [6, 6.07) is 12.9. The average Bonchev–Trinajstić information content (AvgIpc) is 2.70. The van der Waals surface area contributed by atoms with Crippen LogP contribution in [0.25, 0.3) is 22.2 Å². The molecule has 2 aromatic carbocycles. The largest absolute Gasteiger partial charge is 0.493 e. The van der Waals surface area contributed by atoms with Gasteiger partial charge in [-0.1, -0.05) is 24.3 Å². The summed E-state index contributed by atoms with van der Waals surface area (Å²) in [5.41, 5.74) is 14.1. The van der Waals surface area contributed by atoms with Gasteiger partial charge in [-0.3, -0.25) is 9.35 Å². The minimum absolute atomic E-state index is 0.303. The number of nitrogens with zero attached hydrogens (tertiary/aromatic N) is 2. The molecule has 1 aromatic heterocycles. The van der Waals surface area contributed by atoms with Crippen LogP contribution in [0.15, 0.2) is 47.5 Å². The Labute approximate surface area is 185 Å². The highest BCUT2D eigenvalue weighted by atomic mass is 32.2. The summed E-state index contributed by atoms with van der Waals surface area (Å²) in [4.78, 5) is 21.1. The number of methoxy groups -OCH3 is 2. The second kappa shape index (κ2) is 10.1. The molecule has 11 heteroatoms. The molecule has 0 saturated heterocycles. The molecule has 0 bridgehead atoms. The third kappa shape index (κ3) is 6.15. The Balaban J connectivity index is 0.000000654. The van der Waals surface area contributed by atoms with E-state index in [-0.39, 0.29) is 5.96 Å². The smallest absolute Gasteiger partial charge is 0.280 e. The average molecular weight is 461 g/mol.